The van der Waals surface area contributed by atoms with Crippen molar-refractivity contribution in [2.75, 3.05) is 0 Å². The van der Waals surface area contributed by atoms with Crippen LogP contribution in [0.5, 0.6) is 0 Å². The van der Waals surface area contributed by atoms with Gasteiger partial charge in [-0.05, 0) is 54.7 Å². The van der Waals surface area contributed by atoms with E-state index >= 15 is 0 Å². The lowest BCUT2D eigenvalue weighted by Crippen LogP contribution is -2.36. The van der Waals surface area contributed by atoms with Gasteiger partial charge in [-0.25, -0.2) is 4.39 Å². The summed E-state index contributed by atoms with van der Waals surface area (Å²) >= 11 is 0. The smallest absolute Gasteiger partial charge is 0.221 e. The molecule has 3 aromatic carbocycles. The van der Waals surface area contributed by atoms with Gasteiger partial charge in [-0.2, -0.15) is 0 Å². The summed E-state index contributed by atoms with van der Waals surface area (Å²) in [7, 11) is 0. The molecule has 1 N–H and O–H groups in total. The van der Waals surface area contributed by atoms with E-state index in [9.17, 15) is 9.18 Å². The summed E-state index contributed by atoms with van der Waals surface area (Å²) in [4.78, 5) is 13.2. The summed E-state index contributed by atoms with van der Waals surface area (Å²) in [6, 6.07) is 23.9. The highest BCUT2D eigenvalue weighted by Gasteiger charge is 2.24. The topological polar surface area (TPSA) is 34.0 Å². The lowest BCUT2D eigenvalue weighted by Gasteiger charge is -2.24. The molecular weight excluding hydrogens is 435 g/mol. The molecule has 5 rings (SSSR count). The first kappa shape index (κ1) is 23.3. The van der Waals surface area contributed by atoms with Crippen molar-refractivity contribution in [3.63, 3.8) is 0 Å². The van der Waals surface area contributed by atoms with Gasteiger partial charge in [0, 0.05) is 42.0 Å². The summed E-state index contributed by atoms with van der Waals surface area (Å²) in [5, 5.41) is 4.42. The number of carbonyl (C=O) groups excluding carboxylic acids is 1. The van der Waals surface area contributed by atoms with Gasteiger partial charge in [0.15, 0.2) is 0 Å². The van der Waals surface area contributed by atoms with Crippen molar-refractivity contribution in [1.82, 2.24) is 9.88 Å². The number of halogens is 1. The lowest BCUT2D eigenvalue weighted by atomic mass is 9.87. The van der Waals surface area contributed by atoms with E-state index in [1.54, 1.807) is 0 Å². The van der Waals surface area contributed by atoms with Crippen molar-refractivity contribution < 1.29 is 9.18 Å². The quantitative estimate of drug-likeness (QED) is 0.308. The second-order valence-electron chi connectivity index (χ2n) is 9.93. The van der Waals surface area contributed by atoms with Gasteiger partial charge in [0.1, 0.15) is 5.82 Å². The highest BCUT2D eigenvalue weighted by molar-refractivity contribution is 5.87. The zero-order valence-electron chi connectivity index (χ0n) is 20.3. The number of benzene rings is 3. The molecule has 0 saturated heterocycles. The van der Waals surface area contributed by atoms with Crippen LogP contribution in [-0.2, 0) is 11.3 Å². The van der Waals surface area contributed by atoms with Crippen molar-refractivity contribution >= 4 is 16.8 Å². The van der Waals surface area contributed by atoms with E-state index in [1.807, 2.05) is 18.2 Å². The molecule has 1 atom stereocenters. The maximum atomic E-state index is 13.8. The fourth-order valence-electron chi connectivity index (χ4n) is 5.40. The Hall–Kier alpha value is -3.40. The molecule has 1 aromatic heterocycles. The molecule has 35 heavy (non-hydrogen) atoms. The first-order valence-electron chi connectivity index (χ1n) is 12.7. The predicted octanol–water partition coefficient (Wildman–Crippen LogP) is 7.11. The molecule has 1 saturated carbocycles. The molecule has 180 valence electrons. The number of rotatable bonds is 7. The highest BCUT2D eigenvalue weighted by atomic mass is 19.1. The SMILES string of the molecule is Cc1ccc(Cn2cc([C@@H](CC(=O)NC3CCCCC3)c3ccc(F)cc3)c3ccccc32)cc1. The van der Waals surface area contributed by atoms with Crippen molar-refractivity contribution in [2.24, 2.45) is 0 Å². The maximum Gasteiger partial charge on any atom is 0.221 e. The van der Waals surface area contributed by atoms with Gasteiger partial charge in [0.25, 0.3) is 0 Å². The predicted molar refractivity (Wildman–Crippen MR) is 140 cm³/mol. The molecule has 0 unspecified atom stereocenters. The van der Waals surface area contributed by atoms with E-state index in [2.05, 4.69) is 65.5 Å². The molecule has 0 spiro atoms. The van der Waals surface area contributed by atoms with Gasteiger partial charge in [0.2, 0.25) is 5.91 Å². The van der Waals surface area contributed by atoms with E-state index in [4.69, 9.17) is 0 Å². The van der Waals surface area contributed by atoms with E-state index in [0.29, 0.717) is 6.42 Å². The summed E-state index contributed by atoms with van der Waals surface area (Å²) in [6.07, 6.45) is 8.27. The average Bonchev–Trinajstić information content (AvgIpc) is 3.23. The highest BCUT2D eigenvalue weighted by Crippen LogP contribution is 2.35. The molecule has 0 radical (unpaired) electrons. The van der Waals surface area contributed by atoms with E-state index in [0.717, 1.165) is 41.4 Å². The molecular formula is C31H33FN2O. The number of carbonyl (C=O) groups is 1. The Morgan fingerprint density at radius 1 is 0.971 bits per heavy atom. The fourth-order valence-corrected chi connectivity index (χ4v) is 5.40. The van der Waals surface area contributed by atoms with Crippen LogP contribution in [0.15, 0.2) is 79.0 Å². The number of hydrogen-bond donors (Lipinski definition) is 1. The standard InChI is InChI=1S/C31H33FN2O/c1-22-11-13-23(14-12-22)20-34-21-29(27-9-5-6-10-30(27)34)28(24-15-17-25(32)18-16-24)19-31(35)33-26-7-3-2-4-8-26/h5-6,9-18,21,26,28H,2-4,7-8,19-20H2,1H3,(H,33,35)/t28-/m0/s1. The van der Waals surface area contributed by atoms with E-state index in [1.165, 1.54) is 42.5 Å². The van der Waals surface area contributed by atoms with Crippen LogP contribution in [0.1, 0.15) is 66.7 Å². The Bertz CT molecular complexity index is 1280. The third-order valence-corrected chi connectivity index (χ3v) is 7.30. The zero-order valence-corrected chi connectivity index (χ0v) is 20.3. The van der Waals surface area contributed by atoms with Crippen molar-refractivity contribution in [1.29, 1.82) is 0 Å². The largest absolute Gasteiger partial charge is 0.353 e. The number of nitrogens with zero attached hydrogens (tertiary/aromatic N) is 1. The van der Waals surface area contributed by atoms with Gasteiger partial charge >= 0.3 is 0 Å². The van der Waals surface area contributed by atoms with Gasteiger partial charge in [-0.1, -0.05) is 79.4 Å². The Labute approximate surface area is 207 Å². The van der Waals surface area contributed by atoms with Gasteiger partial charge in [0.05, 0.1) is 0 Å². The number of fused-ring (bicyclic) bond motifs is 1. The van der Waals surface area contributed by atoms with Crippen LogP contribution in [0.2, 0.25) is 0 Å². The molecule has 1 amide bonds. The maximum absolute atomic E-state index is 13.8. The molecule has 1 fully saturated rings. The monoisotopic (exact) mass is 468 g/mol. The van der Waals surface area contributed by atoms with Crippen LogP contribution in [0.25, 0.3) is 10.9 Å². The number of aryl methyl sites for hydroxylation is 1. The summed E-state index contributed by atoms with van der Waals surface area (Å²) in [5.74, 6) is -0.342. The van der Waals surface area contributed by atoms with Gasteiger partial charge in [-0.15, -0.1) is 0 Å². The summed E-state index contributed by atoms with van der Waals surface area (Å²) in [5.41, 5.74) is 5.69. The Balaban J connectivity index is 1.50. The molecule has 1 heterocycles. The lowest BCUT2D eigenvalue weighted by molar-refractivity contribution is -0.122. The van der Waals surface area contributed by atoms with Crippen LogP contribution >= 0.6 is 0 Å². The number of aromatic nitrogens is 1. The number of hydrogen-bond acceptors (Lipinski definition) is 1. The minimum absolute atomic E-state index is 0.0709. The molecule has 1 aliphatic carbocycles. The Morgan fingerprint density at radius 3 is 2.43 bits per heavy atom. The molecule has 0 bridgehead atoms. The fraction of sp³-hybridized carbons (Fsp3) is 0.323. The second kappa shape index (κ2) is 10.5. The van der Waals surface area contributed by atoms with Crippen molar-refractivity contribution in [3.8, 4) is 0 Å². The molecule has 0 aliphatic heterocycles. The number of para-hydroxylation sites is 1. The molecule has 4 aromatic rings. The van der Waals surface area contributed by atoms with Gasteiger partial charge < -0.3 is 9.88 Å². The van der Waals surface area contributed by atoms with Crippen molar-refractivity contribution in [3.05, 3.63) is 107 Å². The molecule has 4 heteroatoms. The first-order chi connectivity index (χ1) is 17.1. The van der Waals surface area contributed by atoms with Gasteiger partial charge in [-0.3, -0.25) is 4.79 Å². The number of nitrogens with one attached hydrogen (secondary N) is 1. The zero-order chi connectivity index (χ0) is 24.2. The molecule has 3 nitrogen and oxygen atoms in total. The normalized spacial score (nSPS) is 15.3. The van der Waals surface area contributed by atoms with Crippen LogP contribution in [0, 0.1) is 12.7 Å². The first-order valence-corrected chi connectivity index (χ1v) is 12.7. The molecule has 1 aliphatic rings. The number of amides is 1. The van der Waals surface area contributed by atoms with E-state index < -0.39 is 0 Å². The van der Waals surface area contributed by atoms with Crippen LogP contribution in [0.4, 0.5) is 4.39 Å². The minimum atomic E-state index is -0.263. The van der Waals surface area contributed by atoms with E-state index in [-0.39, 0.29) is 23.7 Å². The minimum Gasteiger partial charge on any atom is -0.353 e. The van der Waals surface area contributed by atoms with Crippen LogP contribution in [-0.4, -0.2) is 16.5 Å². The third-order valence-electron chi connectivity index (χ3n) is 7.30. The Morgan fingerprint density at radius 2 is 1.69 bits per heavy atom. The van der Waals surface area contributed by atoms with Crippen LogP contribution in [0.3, 0.4) is 0 Å². The van der Waals surface area contributed by atoms with Crippen molar-refractivity contribution in [2.45, 2.75) is 64.0 Å². The Kier molecular flexibility index (Phi) is 6.98. The third kappa shape index (κ3) is 5.48. The summed E-state index contributed by atoms with van der Waals surface area (Å²) in [6.45, 7) is 2.85. The van der Waals surface area contributed by atoms with Crippen LogP contribution < -0.4 is 5.32 Å². The summed E-state index contributed by atoms with van der Waals surface area (Å²) < 4.78 is 16.0. The average molecular weight is 469 g/mol. The second-order valence-corrected chi connectivity index (χ2v) is 9.93.